The molecule has 0 spiro atoms. The van der Waals surface area contributed by atoms with Crippen LogP contribution in [0.2, 0.25) is 0 Å². The van der Waals surface area contributed by atoms with Crippen molar-refractivity contribution in [3.63, 3.8) is 0 Å². The molecule has 0 fully saturated rings. The summed E-state index contributed by atoms with van der Waals surface area (Å²) in [5.41, 5.74) is 3.57. The first-order chi connectivity index (χ1) is 15.6. The Kier molecular flexibility index (Phi) is 12.4. The van der Waals surface area contributed by atoms with Crippen molar-refractivity contribution >= 4 is 0 Å². The van der Waals surface area contributed by atoms with Crippen LogP contribution in [0.5, 0.6) is 28.7 Å². The summed E-state index contributed by atoms with van der Waals surface area (Å²) < 4.78 is 27.4. The molecule has 6 nitrogen and oxygen atoms in total. The standard InChI is InChI=1S/C20H25NO5.C4H10.C2H6/c1-22-15-8-12-6-7-21-19(14(12)11-16(15)23-2)13-9-17(24-3)20(26-5)18(10-13)25-4;1-3-4-2;1-2/h8-11,19,21H,6-7H2,1-5H3;3-4H2,1-2H3;1-2H3/p+1/t19-;;/m1../s1. The van der Waals surface area contributed by atoms with E-state index >= 15 is 0 Å². The van der Waals surface area contributed by atoms with Gasteiger partial charge in [-0.15, -0.1) is 0 Å². The number of unbranched alkanes of at least 4 members (excludes halogenated alkanes) is 1. The van der Waals surface area contributed by atoms with Gasteiger partial charge in [0.05, 0.1) is 42.1 Å². The van der Waals surface area contributed by atoms with Crippen molar-refractivity contribution in [1.82, 2.24) is 0 Å². The Labute approximate surface area is 194 Å². The Balaban J connectivity index is 0.000000769. The normalized spacial score (nSPS) is 14.0. The molecule has 3 rings (SSSR count). The Morgan fingerprint density at radius 3 is 1.66 bits per heavy atom. The molecule has 0 saturated carbocycles. The second-order valence-corrected chi connectivity index (χ2v) is 7.12. The van der Waals surface area contributed by atoms with E-state index in [0.717, 1.165) is 30.0 Å². The Morgan fingerprint density at radius 1 is 0.719 bits per heavy atom. The van der Waals surface area contributed by atoms with Gasteiger partial charge in [0.15, 0.2) is 23.0 Å². The van der Waals surface area contributed by atoms with Crippen molar-refractivity contribution in [3.8, 4) is 28.7 Å². The molecule has 1 aliphatic rings. The molecule has 2 aromatic carbocycles. The van der Waals surface area contributed by atoms with Crippen LogP contribution in [0.25, 0.3) is 0 Å². The molecule has 1 atom stereocenters. The lowest BCUT2D eigenvalue weighted by atomic mass is 9.89. The molecule has 0 aliphatic carbocycles. The van der Waals surface area contributed by atoms with Gasteiger partial charge < -0.3 is 29.0 Å². The zero-order chi connectivity index (χ0) is 24.1. The lowest BCUT2D eigenvalue weighted by Gasteiger charge is -2.26. The van der Waals surface area contributed by atoms with Crippen molar-refractivity contribution in [2.45, 2.75) is 53.0 Å². The first-order valence-corrected chi connectivity index (χ1v) is 11.5. The van der Waals surface area contributed by atoms with E-state index < -0.39 is 0 Å². The van der Waals surface area contributed by atoms with Crippen molar-refractivity contribution < 1.29 is 29.0 Å². The molecule has 32 heavy (non-hydrogen) atoms. The summed E-state index contributed by atoms with van der Waals surface area (Å²) in [5, 5.41) is 2.31. The fourth-order valence-electron chi connectivity index (χ4n) is 3.57. The van der Waals surface area contributed by atoms with Crippen molar-refractivity contribution in [2.75, 3.05) is 42.1 Å². The first-order valence-electron chi connectivity index (χ1n) is 11.5. The van der Waals surface area contributed by atoms with E-state index in [1.165, 1.54) is 24.0 Å². The zero-order valence-electron chi connectivity index (χ0n) is 21.3. The predicted molar refractivity (Wildman–Crippen MR) is 130 cm³/mol. The summed E-state index contributed by atoms with van der Waals surface area (Å²) in [4.78, 5) is 0. The number of rotatable bonds is 7. The van der Waals surface area contributed by atoms with Crippen molar-refractivity contribution in [2.24, 2.45) is 0 Å². The summed E-state index contributed by atoms with van der Waals surface area (Å²) in [6.07, 6.45) is 3.62. The number of methoxy groups -OCH3 is 5. The molecule has 0 amide bonds. The maximum Gasteiger partial charge on any atom is 0.203 e. The zero-order valence-corrected chi connectivity index (χ0v) is 21.3. The summed E-state index contributed by atoms with van der Waals surface area (Å²) in [6, 6.07) is 8.28. The maximum absolute atomic E-state index is 5.52. The summed E-state index contributed by atoms with van der Waals surface area (Å²) in [6.45, 7) is 9.35. The van der Waals surface area contributed by atoms with E-state index in [2.05, 4.69) is 31.3 Å². The molecular formula is C26H42NO5+. The second-order valence-electron chi connectivity index (χ2n) is 7.12. The number of nitrogens with two attached hydrogens (primary N) is 1. The average molecular weight is 449 g/mol. The molecule has 6 heteroatoms. The third kappa shape index (κ3) is 6.45. The molecule has 0 aromatic heterocycles. The van der Waals surface area contributed by atoms with Gasteiger partial charge in [-0.05, 0) is 29.8 Å². The Bertz CT molecular complexity index is 795. The van der Waals surface area contributed by atoms with Gasteiger partial charge in [-0.2, -0.15) is 0 Å². The number of hydrogen-bond acceptors (Lipinski definition) is 5. The van der Waals surface area contributed by atoms with Crippen molar-refractivity contribution in [3.05, 3.63) is 41.0 Å². The van der Waals surface area contributed by atoms with Gasteiger partial charge in [0.1, 0.15) is 6.04 Å². The fourth-order valence-corrected chi connectivity index (χ4v) is 3.57. The van der Waals surface area contributed by atoms with Gasteiger partial charge in [-0.25, -0.2) is 0 Å². The molecule has 0 bridgehead atoms. The molecule has 2 N–H and O–H groups in total. The third-order valence-electron chi connectivity index (χ3n) is 5.34. The quantitative estimate of drug-likeness (QED) is 0.661. The van der Waals surface area contributed by atoms with Crippen LogP contribution in [0.3, 0.4) is 0 Å². The van der Waals surface area contributed by atoms with E-state index in [9.17, 15) is 0 Å². The average Bonchev–Trinajstić information content (AvgIpc) is 2.87. The molecular weight excluding hydrogens is 406 g/mol. The molecule has 0 unspecified atom stereocenters. The van der Waals surface area contributed by atoms with Crippen LogP contribution in [0.1, 0.15) is 63.3 Å². The monoisotopic (exact) mass is 448 g/mol. The highest BCUT2D eigenvalue weighted by molar-refractivity contribution is 5.57. The molecule has 1 aliphatic heterocycles. The number of benzene rings is 2. The summed E-state index contributed by atoms with van der Waals surface area (Å²) in [7, 11) is 8.20. The highest BCUT2D eigenvalue weighted by atomic mass is 16.5. The number of fused-ring (bicyclic) bond motifs is 1. The van der Waals surface area contributed by atoms with Crippen LogP contribution in [0, 0.1) is 0 Å². The maximum atomic E-state index is 5.52. The van der Waals surface area contributed by atoms with E-state index in [0.29, 0.717) is 17.2 Å². The van der Waals surface area contributed by atoms with Gasteiger partial charge in [-0.1, -0.05) is 40.5 Å². The first kappa shape index (κ1) is 27.4. The lowest BCUT2D eigenvalue weighted by molar-refractivity contribution is -0.690. The SMILES string of the molecule is CC.CCCC.COc1cc2c(cc1OC)[C@@H](c1cc(OC)c(OC)c(OC)c1)[NH2+]CC2. The fraction of sp³-hybridized carbons (Fsp3) is 0.538. The molecule has 1 heterocycles. The van der Waals surface area contributed by atoms with E-state index in [1.807, 2.05) is 26.0 Å². The van der Waals surface area contributed by atoms with Gasteiger partial charge in [0, 0.05) is 17.5 Å². The van der Waals surface area contributed by atoms with Gasteiger partial charge in [0.2, 0.25) is 5.75 Å². The van der Waals surface area contributed by atoms with Crippen LogP contribution < -0.4 is 29.0 Å². The number of quaternary nitrogens is 1. The summed E-state index contributed by atoms with van der Waals surface area (Å²) >= 11 is 0. The molecule has 180 valence electrons. The lowest BCUT2D eigenvalue weighted by Crippen LogP contribution is -2.87. The van der Waals surface area contributed by atoms with E-state index in [-0.39, 0.29) is 6.04 Å². The van der Waals surface area contributed by atoms with E-state index in [4.69, 9.17) is 23.7 Å². The minimum Gasteiger partial charge on any atom is -0.493 e. The third-order valence-corrected chi connectivity index (χ3v) is 5.34. The van der Waals surface area contributed by atoms with Gasteiger partial charge in [-0.3, -0.25) is 0 Å². The van der Waals surface area contributed by atoms with Gasteiger partial charge >= 0.3 is 0 Å². The molecule has 0 radical (unpaired) electrons. The van der Waals surface area contributed by atoms with Crippen LogP contribution >= 0.6 is 0 Å². The predicted octanol–water partition coefficient (Wildman–Crippen LogP) is 4.77. The highest BCUT2D eigenvalue weighted by Gasteiger charge is 2.29. The number of hydrogen-bond donors (Lipinski definition) is 1. The minimum atomic E-state index is 0.118. The van der Waals surface area contributed by atoms with Crippen molar-refractivity contribution in [1.29, 1.82) is 0 Å². The highest BCUT2D eigenvalue weighted by Crippen LogP contribution is 2.42. The minimum absolute atomic E-state index is 0.118. The smallest absolute Gasteiger partial charge is 0.203 e. The van der Waals surface area contributed by atoms with Crippen LogP contribution in [-0.4, -0.2) is 42.1 Å². The number of ether oxygens (including phenoxy) is 5. The largest absolute Gasteiger partial charge is 0.493 e. The van der Waals surface area contributed by atoms with Gasteiger partial charge in [0.25, 0.3) is 0 Å². The van der Waals surface area contributed by atoms with Crippen LogP contribution in [0.4, 0.5) is 0 Å². The second kappa shape index (κ2) is 14.5. The Hall–Kier alpha value is -2.60. The topological polar surface area (TPSA) is 62.8 Å². The molecule has 2 aromatic rings. The van der Waals surface area contributed by atoms with E-state index in [1.54, 1.807) is 35.5 Å². The molecule has 0 saturated heterocycles. The summed E-state index contributed by atoms with van der Waals surface area (Å²) in [5.74, 6) is 3.41. The van der Waals surface area contributed by atoms with Crippen LogP contribution in [-0.2, 0) is 6.42 Å². The van der Waals surface area contributed by atoms with Crippen LogP contribution in [0.15, 0.2) is 24.3 Å². The Morgan fingerprint density at radius 2 is 1.22 bits per heavy atom.